The average molecular weight is 303 g/mol. The number of nitrogens with zero attached hydrogens (tertiary/aromatic N) is 3. The van der Waals surface area contributed by atoms with Crippen molar-refractivity contribution >= 4 is 5.91 Å². The van der Waals surface area contributed by atoms with Crippen molar-refractivity contribution in [1.82, 2.24) is 14.8 Å². The molecule has 2 fully saturated rings. The first kappa shape index (κ1) is 15.3. The largest absolute Gasteiger partial charge is 0.495 e. The van der Waals surface area contributed by atoms with Crippen molar-refractivity contribution in [2.45, 2.75) is 32.2 Å². The van der Waals surface area contributed by atoms with Gasteiger partial charge in [0.2, 0.25) is 0 Å². The highest BCUT2D eigenvalue weighted by Crippen LogP contribution is 2.26. The van der Waals surface area contributed by atoms with E-state index in [1.54, 1.807) is 25.4 Å². The van der Waals surface area contributed by atoms with Gasteiger partial charge in [-0.05, 0) is 30.9 Å². The van der Waals surface area contributed by atoms with Crippen LogP contribution in [0.25, 0.3) is 0 Å². The van der Waals surface area contributed by atoms with Gasteiger partial charge in [0.05, 0.1) is 13.3 Å². The maximum absolute atomic E-state index is 12.7. The first-order chi connectivity index (χ1) is 10.7. The Morgan fingerprint density at radius 3 is 2.68 bits per heavy atom. The Kier molecular flexibility index (Phi) is 4.62. The number of rotatable bonds is 3. The van der Waals surface area contributed by atoms with Crippen LogP contribution in [0.2, 0.25) is 0 Å². The van der Waals surface area contributed by atoms with E-state index >= 15 is 0 Å². The van der Waals surface area contributed by atoms with Crippen molar-refractivity contribution in [3.05, 3.63) is 24.0 Å². The molecule has 2 heterocycles. The smallest absolute Gasteiger partial charge is 0.272 e. The van der Waals surface area contributed by atoms with Crippen molar-refractivity contribution in [3.63, 3.8) is 0 Å². The molecule has 1 aliphatic heterocycles. The van der Waals surface area contributed by atoms with Gasteiger partial charge in [0.15, 0.2) is 0 Å². The Labute approximate surface area is 132 Å². The molecule has 1 atom stereocenters. The number of carbonyl (C=O) groups excluding carboxylic acids is 1. The summed E-state index contributed by atoms with van der Waals surface area (Å²) in [5.41, 5.74) is 0.505. The van der Waals surface area contributed by atoms with Gasteiger partial charge in [0.1, 0.15) is 11.4 Å². The lowest BCUT2D eigenvalue weighted by Gasteiger charge is -2.37. The van der Waals surface area contributed by atoms with E-state index in [1.165, 1.54) is 19.3 Å². The first-order valence-electron chi connectivity index (χ1n) is 8.20. The fourth-order valence-electron chi connectivity index (χ4n) is 3.32. The second-order valence-corrected chi connectivity index (χ2v) is 6.52. The predicted molar refractivity (Wildman–Crippen MR) is 85.1 cm³/mol. The minimum Gasteiger partial charge on any atom is -0.495 e. The number of aromatic nitrogens is 1. The van der Waals surface area contributed by atoms with Gasteiger partial charge >= 0.3 is 0 Å². The molecule has 0 N–H and O–H groups in total. The third-order valence-electron chi connectivity index (χ3n) is 4.80. The third-order valence-corrected chi connectivity index (χ3v) is 4.80. The van der Waals surface area contributed by atoms with E-state index in [9.17, 15) is 4.79 Å². The highest BCUT2D eigenvalue weighted by atomic mass is 16.5. The van der Waals surface area contributed by atoms with E-state index in [1.807, 2.05) is 4.90 Å². The molecule has 120 valence electrons. The van der Waals surface area contributed by atoms with Crippen LogP contribution < -0.4 is 4.74 Å². The van der Waals surface area contributed by atoms with Gasteiger partial charge in [-0.2, -0.15) is 0 Å². The topological polar surface area (TPSA) is 45.7 Å². The van der Waals surface area contributed by atoms with E-state index in [2.05, 4.69) is 16.8 Å². The van der Waals surface area contributed by atoms with Gasteiger partial charge in [-0.1, -0.05) is 13.3 Å². The van der Waals surface area contributed by atoms with Crippen LogP contribution in [-0.4, -0.2) is 60.0 Å². The molecule has 22 heavy (non-hydrogen) atoms. The first-order valence-corrected chi connectivity index (χ1v) is 8.20. The molecule has 1 amide bonds. The van der Waals surface area contributed by atoms with E-state index < -0.39 is 0 Å². The zero-order valence-electron chi connectivity index (χ0n) is 13.5. The number of pyridine rings is 1. The van der Waals surface area contributed by atoms with Gasteiger partial charge in [0, 0.05) is 32.2 Å². The fraction of sp³-hybridized carbons (Fsp3) is 0.647. The molecule has 0 radical (unpaired) electrons. The molecule has 1 saturated heterocycles. The maximum atomic E-state index is 12.7. The Bertz CT molecular complexity index is 513. The molecule has 2 aliphatic rings. The summed E-state index contributed by atoms with van der Waals surface area (Å²) in [5.74, 6) is 1.22. The Balaban J connectivity index is 1.66. The van der Waals surface area contributed by atoms with Crippen LogP contribution in [0.5, 0.6) is 5.75 Å². The van der Waals surface area contributed by atoms with Crippen LogP contribution in [0.1, 0.15) is 36.7 Å². The number of amides is 1. The third kappa shape index (κ3) is 3.24. The number of ether oxygens (including phenoxy) is 1. The fourth-order valence-corrected chi connectivity index (χ4v) is 3.32. The summed E-state index contributed by atoms with van der Waals surface area (Å²) in [7, 11) is 1.60. The molecule has 1 aliphatic carbocycles. The van der Waals surface area contributed by atoms with Crippen LogP contribution >= 0.6 is 0 Å². The number of hydrogen-bond acceptors (Lipinski definition) is 4. The lowest BCUT2D eigenvalue weighted by molar-refractivity contribution is 0.0737. The summed E-state index contributed by atoms with van der Waals surface area (Å²) in [6.45, 7) is 5.93. The van der Waals surface area contributed by atoms with E-state index in [0.29, 0.717) is 17.4 Å². The molecule has 0 bridgehead atoms. The van der Waals surface area contributed by atoms with Gasteiger partial charge < -0.3 is 9.64 Å². The van der Waals surface area contributed by atoms with Crippen LogP contribution in [0.4, 0.5) is 0 Å². The van der Waals surface area contributed by atoms with Gasteiger partial charge in [0.25, 0.3) is 5.91 Å². The Hall–Kier alpha value is -1.62. The van der Waals surface area contributed by atoms with Gasteiger partial charge in [-0.15, -0.1) is 0 Å². The minimum absolute atomic E-state index is 0.0324. The van der Waals surface area contributed by atoms with Crippen molar-refractivity contribution in [1.29, 1.82) is 0 Å². The van der Waals surface area contributed by atoms with Crippen molar-refractivity contribution < 1.29 is 9.53 Å². The monoisotopic (exact) mass is 303 g/mol. The molecule has 1 aromatic heterocycles. The molecule has 0 aromatic carbocycles. The minimum atomic E-state index is 0.0324. The van der Waals surface area contributed by atoms with Crippen LogP contribution in [-0.2, 0) is 0 Å². The Morgan fingerprint density at radius 1 is 1.27 bits per heavy atom. The summed E-state index contributed by atoms with van der Waals surface area (Å²) in [4.78, 5) is 21.4. The second kappa shape index (κ2) is 6.65. The molecule has 1 saturated carbocycles. The lowest BCUT2D eigenvalue weighted by Crippen LogP contribution is -2.43. The molecular formula is C17H25N3O2. The molecule has 1 aromatic rings. The zero-order chi connectivity index (χ0) is 15.5. The second-order valence-electron chi connectivity index (χ2n) is 6.52. The molecule has 5 heteroatoms. The number of carbonyl (C=O) groups is 1. The predicted octanol–water partition coefficient (Wildman–Crippen LogP) is 2.04. The normalized spacial score (nSPS) is 23.7. The van der Waals surface area contributed by atoms with E-state index in [0.717, 1.165) is 32.2 Å². The van der Waals surface area contributed by atoms with E-state index in [-0.39, 0.29) is 5.91 Å². The highest BCUT2D eigenvalue weighted by molar-refractivity contribution is 5.92. The van der Waals surface area contributed by atoms with Crippen LogP contribution in [0.3, 0.4) is 0 Å². The molecule has 0 spiro atoms. The highest BCUT2D eigenvalue weighted by Gasteiger charge is 2.30. The quantitative estimate of drug-likeness (QED) is 0.857. The van der Waals surface area contributed by atoms with E-state index in [4.69, 9.17) is 4.74 Å². The Morgan fingerprint density at radius 2 is 2.09 bits per heavy atom. The summed E-state index contributed by atoms with van der Waals surface area (Å²) in [6, 6.07) is 4.29. The zero-order valence-corrected chi connectivity index (χ0v) is 13.5. The van der Waals surface area contributed by atoms with Crippen molar-refractivity contribution in [3.8, 4) is 5.75 Å². The molecular weight excluding hydrogens is 278 g/mol. The van der Waals surface area contributed by atoms with Crippen LogP contribution in [0.15, 0.2) is 18.3 Å². The van der Waals surface area contributed by atoms with Gasteiger partial charge in [-0.25, -0.2) is 4.98 Å². The summed E-state index contributed by atoms with van der Waals surface area (Å²) in [6.07, 6.45) is 5.60. The molecule has 3 rings (SSSR count). The summed E-state index contributed by atoms with van der Waals surface area (Å²) < 4.78 is 5.10. The van der Waals surface area contributed by atoms with Gasteiger partial charge in [-0.3, -0.25) is 9.69 Å². The number of hydrogen-bond donors (Lipinski definition) is 0. The summed E-state index contributed by atoms with van der Waals surface area (Å²) in [5, 5.41) is 0. The SMILES string of the molecule is COc1ccc(C(=O)N2CCN(C3CCC3)C[C@H](C)C2)nc1. The maximum Gasteiger partial charge on any atom is 0.272 e. The molecule has 0 unspecified atom stereocenters. The average Bonchev–Trinajstić information content (AvgIpc) is 2.67. The summed E-state index contributed by atoms with van der Waals surface area (Å²) >= 11 is 0. The lowest BCUT2D eigenvalue weighted by atomic mass is 9.91. The number of methoxy groups -OCH3 is 1. The van der Waals surface area contributed by atoms with Crippen molar-refractivity contribution in [2.75, 3.05) is 33.3 Å². The molecule has 5 nitrogen and oxygen atoms in total. The van der Waals surface area contributed by atoms with Crippen molar-refractivity contribution in [2.24, 2.45) is 5.92 Å². The standard InChI is InChI=1S/C17H25N3O2/c1-13-11-19(14-4-3-5-14)8-9-20(12-13)17(21)16-7-6-15(22-2)10-18-16/h6-7,10,13-14H,3-5,8-9,11-12H2,1-2H3/t13-/m0/s1. The van der Waals surface area contributed by atoms with Crippen LogP contribution in [0, 0.1) is 5.92 Å².